The second kappa shape index (κ2) is 8.80. The third-order valence-electron chi connectivity index (χ3n) is 5.04. The SMILES string of the molecule is CCN(Cc1ccccc1F)C(=O)CN1C[C@H](Cc2ccccc2)CC1=O. The van der Waals surface area contributed by atoms with Crippen LogP contribution in [0.5, 0.6) is 0 Å². The van der Waals surface area contributed by atoms with E-state index >= 15 is 0 Å². The van der Waals surface area contributed by atoms with Gasteiger partial charge in [0.05, 0.1) is 6.54 Å². The van der Waals surface area contributed by atoms with Crippen LogP contribution in [-0.2, 0) is 22.6 Å². The predicted molar refractivity (Wildman–Crippen MR) is 102 cm³/mol. The van der Waals surface area contributed by atoms with Gasteiger partial charge in [-0.2, -0.15) is 0 Å². The molecule has 1 saturated heterocycles. The van der Waals surface area contributed by atoms with Gasteiger partial charge in [-0.15, -0.1) is 0 Å². The lowest BCUT2D eigenvalue weighted by Gasteiger charge is -2.24. The zero-order valence-electron chi connectivity index (χ0n) is 15.6. The first-order valence-electron chi connectivity index (χ1n) is 9.39. The van der Waals surface area contributed by atoms with Gasteiger partial charge in [-0.05, 0) is 30.9 Å². The molecule has 0 aliphatic carbocycles. The van der Waals surface area contributed by atoms with E-state index in [0.717, 1.165) is 6.42 Å². The molecule has 0 saturated carbocycles. The van der Waals surface area contributed by atoms with Gasteiger partial charge in [0.15, 0.2) is 0 Å². The highest BCUT2D eigenvalue weighted by atomic mass is 19.1. The Balaban J connectivity index is 1.57. The van der Waals surface area contributed by atoms with Gasteiger partial charge >= 0.3 is 0 Å². The van der Waals surface area contributed by atoms with E-state index < -0.39 is 0 Å². The number of carbonyl (C=O) groups excluding carboxylic acids is 2. The fourth-order valence-electron chi connectivity index (χ4n) is 3.56. The third kappa shape index (κ3) is 4.94. The van der Waals surface area contributed by atoms with Crippen LogP contribution < -0.4 is 0 Å². The normalized spacial score (nSPS) is 16.6. The summed E-state index contributed by atoms with van der Waals surface area (Å²) >= 11 is 0. The van der Waals surface area contributed by atoms with Crippen molar-refractivity contribution in [3.05, 3.63) is 71.5 Å². The van der Waals surface area contributed by atoms with E-state index in [1.807, 2.05) is 25.1 Å². The second-order valence-electron chi connectivity index (χ2n) is 7.03. The highest BCUT2D eigenvalue weighted by molar-refractivity contribution is 5.86. The molecular formula is C22H25FN2O2. The lowest BCUT2D eigenvalue weighted by atomic mass is 9.99. The van der Waals surface area contributed by atoms with Crippen LogP contribution in [0.2, 0.25) is 0 Å². The summed E-state index contributed by atoms with van der Waals surface area (Å²) < 4.78 is 13.9. The molecule has 0 N–H and O–H groups in total. The monoisotopic (exact) mass is 368 g/mol. The van der Waals surface area contributed by atoms with Crippen LogP contribution in [0.25, 0.3) is 0 Å². The fraction of sp³-hybridized carbons (Fsp3) is 0.364. The summed E-state index contributed by atoms with van der Waals surface area (Å²) in [5.41, 5.74) is 1.70. The van der Waals surface area contributed by atoms with Gasteiger partial charge in [0, 0.05) is 31.6 Å². The van der Waals surface area contributed by atoms with Gasteiger partial charge in [0.1, 0.15) is 5.82 Å². The smallest absolute Gasteiger partial charge is 0.242 e. The molecule has 0 aromatic heterocycles. The number of carbonyl (C=O) groups is 2. The molecule has 0 spiro atoms. The number of halogens is 1. The maximum absolute atomic E-state index is 13.9. The lowest BCUT2D eigenvalue weighted by molar-refractivity contribution is -0.138. The molecule has 2 aromatic carbocycles. The molecule has 3 rings (SSSR count). The van der Waals surface area contributed by atoms with Crippen molar-refractivity contribution in [3.63, 3.8) is 0 Å². The summed E-state index contributed by atoms with van der Waals surface area (Å²) in [6.07, 6.45) is 1.31. The minimum atomic E-state index is -0.316. The molecule has 1 fully saturated rings. The Morgan fingerprint density at radius 3 is 2.56 bits per heavy atom. The first-order chi connectivity index (χ1) is 13.1. The molecule has 2 aromatic rings. The number of likely N-dealkylation sites (N-methyl/N-ethyl adjacent to an activating group) is 1. The number of benzene rings is 2. The largest absolute Gasteiger partial charge is 0.337 e. The summed E-state index contributed by atoms with van der Waals surface area (Å²) in [4.78, 5) is 28.2. The Bertz CT molecular complexity index is 794. The Morgan fingerprint density at radius 1 is 1.15 bits per heavy atom. The van der Waals surface area contributed by atoms with Crippen LogP contribution >= 0.6 is 0 Å². The quantitative estimate of drug-likeness (QED) is 0.753. The number of rotatable bonds is 7. The van der Waals surface area contributed by atoms with Gasteiger partial charge in [0.25, 0.3) is 0 Å². The molecular weight excluding hydrogens is 343 g/mol. The molecule has 5 heteroatoms. The van der Waals surface area contributed by atoms with Gasteiger partial charge < -0.3 is 9.80 Å². The van der Waals surface area contributed by atoms with Crippen LogP contribution in [0.1, 0.15) is 24.5 Å². The number of amides is 2. The minimum Gasteiger partial charge on any atom is -0.337 e. The van der Waals surface area contributed by atoms with Crippen LogP contribution in [0.4, 0.5) is 4.39 Å². The predicted octanol–water partition coefficient (Wildman–Crippen LogP) is 3.27. The first-order valence-corrected chi connectivity index (χ1v) is 9.39. The molecule has 4 nitrogen and oxygen atoms in total. The van der Waals surface area contributed by atoms with Crippen LogP contribution in [0, 0.1) is 11.7 Å². The van der Waals surface area contributed by atoms with Gasteiger partial charge in [-0.3, -0.25) is 9.59 Å². The van der Waals surface area contributed by atoms with Gasteiger partial charge in [-0.1, -0.05) is 48.5 Å². The maximum atomic E-state index is 13.9. The minimum absolute atomic E-state index is 0.0197. The summed E-state index contributed by atoms with van der Waals surface area (Å²) in [7, 11) is 0. The topological polar surface area (TPSA) is 40.6 Å². The highest BCUT2D eigenvalue weighted by Crippen LogP contribution is 2.22. The Morgan fingerprint density at radius 2 is 1.85 bits per heavy atom. The average Bonchev–Trinajstić information content (AvgIpc) is 3.00. The van der Waals surface area contributed by atoms with Crippen LogP contribution in [-0.4, -0.2) is 41.2 Å². The van der Waals surface area contributed by atoms with Crippen molar-refractivity contribution >= 4 is 11.8 Å². The third-order valence-corrected chi connectivity index (χ3v) is 5.04. The molecule has 0 bridgehead atoms. The lowest BCUT2D eigenvalue weighted by Crippen LogP contribution is -2.40. The molecule has 0 radical (unpaired) electrons. The van der Waals surface area contributed by atoms with E-state index in [0.29, 0.717) is 25.1 Å². The summed E-state index contributed by atoms with van der Waals surface area (Å²) in [5, 5.41) is 0. The van der Waals surface area contributed by atoms with E-state index in [2.05, 4.69) is 12.1 Å². The summed E-state index contributed by atoms with van der Waals surface area (Å²) in [5.74, 6) is -0.209. The molecule has 2 amide bonds. The molecule has 1 aliphatic rings. The number of hydrogen-bond donors (Lipinski definition) is 0. The van der Waals surface area contributed by atoms with Crippen molar-refractivity contribution < 1.29 is 14.0 Å². The zero-order valence-corrected chi connectivity index (χ0v) is 15.6. The van der Waals surface area contributed by atoms with Crippen molar-refractivity contribution in [2.75, 3.05) is 19.6 Å². The Kier molecular flexibility index (Phi) is 6.22. The molecule has 142 valence electrons. The van der Waals surface area contributed by atoms with E-state index in [1.54, 1.807) is 28.0 Å². The summed E-state index contributed by atoms with van der Waals surface area (Å²) in [6, 6.07) is 16.6. The molecule has 1 heterocycles. The van der Waals surface area contributed by atoms with Crippen molar-refractivity contribution in [1.82, 2.24) is 9.80 Å². The van der Waals surface area contributed by atoms with Crippen LogP contribution in [0.3, 0.4) is 0 Å². The van der Waals surface area contributed by atoms with Gasteiger partial charge in [0.2, 0.25) is 11.8 Å². The average molecular weight is 368 g/mol. The van der Waals surface area contributed by atoms with E-state index in [1.165, 1.54) is 11.6 Å². The van der Waals surface area contributed by atoms with Crippen molar-refractivity contribution in [1.29, 1.82) is 0 Å². The van der Waals surface area contributed by atoms with E-state index in [4.69, 9.17) is 0 Å². The van der Waals surface area contributed by atoms with E-state index in [9.17, 15) is 14.0 Å². The zero-order chi connectivity index (χ0) is 19.2. The molecule has 27 heavy (non-hydrogen) atoms. The number of likely N-dealkylation sites (tertiary alicyclic amines) is 1. The molecule has 1 aliphatic heterocycles. The van der Waals surface area contributed by atoms with Crippen molar-refractivity contribution in [2.24, 2.45) is 5.92 Å². The highest BCUT2D eigenvalue weighted by Gasteiger charge is 2.31. The van der Waals surface area contributed by atoms with Crippen molar-refractivity contribution in [2.45, 2.75) is 26.3 Å². The first kappa shape index (κ1) is 19.1. The van der Waals surface area contributed by atoms with Crippen molar-refractivity contribution in [3.8, 4) is 0 Å². The second-order valence-corrected chi connectivity index (χ2v) is 7.03. The molecule has 0 unspecified atom stereocenters. The van der Waals surface area contributed by atoms with E-state index in [-0.39, 0.29) is 36.6 Å². The molecule has 1 atom stereocenters. The Hall–Kier alpha value is -2.69. The standard InChI is InChI=1S/C22H25FN2O2/c1-2-24(15-19-10-6-7-11-20(19)23)22(27)16-25-14-18(13-21(25)26)12-17-8-4-3-5-9-17/h3-11,18H,2,12-16H2,1H3/t18-/m1/s1. The number of nitrogens with zero attached hydrogens (tertiary/aromatic N) is 2. The fourth-order valence-corrected chi connectivity index (χ4v) is 3.56. The summed E-state index contributed by atoms with van der Waals surface area (Å²) in [6.45, 7) is 3.21. The number of hydrogen-bond acceptors (Lipinski definition) is 2. The van der Waals surface area contributed by atoms with Gasteiger partial charge in [-0.25, -0.2) is 4.39 Å². The maximum Gasteiger partial charge on any atom is 0.242 e. The van der Waals surface area contributed by atoms with Crippen LogP contribution in [0.15, 0.2) is 54.6 Å². The Labute approximate surface area is 159 Å².